The Balaban J connectivity index is 2.18. The molecule has 0 aliphatic heterocycles. The molecule has 0 saturated heterocycles. The predicted molar refractivity (Wildman–Crippen MR) is 88.3 cm³/mol. The van der Waals surface area contributed by atoms with Crippen molar-refractivity contribution < 1.29 is 4.74 Å². The molecule has 0 aromatic heterocycles. The molecule has 21 heavy (non-hydrogen) atoms. The number of hydrogen-bond donors (Lipinski definition) is 1. The molecule has 0 heterocycles. The predicted octanol–water partition coefficient (Wildman–Crippen LogP) is 4.91. The minimum atomic E-state index is -0.422. The van der Waals surface area contributed by atoms with Crippen molar-refractivity contribution in [2.45, 2.75) is 19.4 Å². The van der Waals surface area contributed by atoms with Crippen molar-refractivity contribution in [3.63, 3.8) is 0 Å². The fraction of sp³-hybridized carbons (Fsp3) is 0.235. The van der Waals surface area contributed by atoms with Gasteiger partial charge in [-0.15, -0.1) is 0 Å². The maximum Gasteiger partial charge on any atom is 0.140 e. The van der Waals surface area contributed by atoms with Gasteiger partial charge in [0.1, 0.15) is 11.8 Å². The van der Waals surface area contributed by atoms with Crippen molar-refractivity contribution in [3.05, 3.63) is 58.6 Å². The zero-order valence-corrected chi connectivity index (χ0v) is 13.4. The van der Waals surface area contributed by atoms with Crippen LogP contribution in [0, 0.1) is 11.3 Å². The Bertz CT molecular complexity index is 637. The topological polar surface area (TPSA) is 45.0 Å². The van der Waals surface area contributed by atoms with Gasteiger partial charge in [-0.25, -0.2) is 0 Å². The van der Waals surface area contributed by atoms with Gasteiger partial charge in [0.2, 0.25) is 0 Å². The van der Waals surface area contributed by atoms with E-state index in [0.717, 1.165) is 27.9 Å². The Morgan fingerprint density at radius 3 is 2.76 bits per heavy atom. The molecule has 1 N–H and O–H groups in total. The third-order valence-electron chi connectivity index (χ3n) is 2.97. The van der Waals surface area contributed by atoms with E-state index in [1.54, 1.807) is 0 Å². The molecule has 2 aromatic carbocycles. The lowest BCUT2D eigenvalue weighted by molar-refractivity contribution is 0.317. The largest absolute Gasteiger partial charge is 0.494 e. The van der Waals surface area contributed by atoms with E-state index >= 15 is 0 Å². The van der Waals surface area contributed by atoms with E-state index < -0.39 is 6.04 Å². The molecule has 0 saturated carbocycles. The summed E-state index contributed by atoms with van der Waals surface area (Å²) in [6.45, 7) is 2.74. The van der Waals surface area contributed by atoms with Gasteiger partial charge in [0, 0.05) is 10.2 Å². The highest BCUT2D eigenvalue weighted by Gasteiger charge is 2.12. The summed E-state index contributed by atoms with van der Waals surface area (Å²) >= 11 is 3.48. The third kappa shape index (κ3) is 4.24. The molecule has 0 aliphatic rings. The number of para-hydroxylation sites is 1. The van der Waals surface area contributed by atoms with Crippen molar-refractivity contribution in [3.8, 4) is 11.8 Å². The summed E-state index contributed by atoms with van der Waals surface area (Å²) in [5, 5.41) is 12.7. The summed E-state index contributed by atoms with van der Waals surface area (Å²) in [5.41, 5.74) is 1.78. The van der Waals surface area contributed by atoms with Crippen molar-refractivity contribution in [2.24, 2.45) is 0 Å². The van der Waals surface area contributed by atoms with Crippen LogP contribution in [0.25, 0.3) is 0 Å². The van der Waals surface area contributed by atoms with Crippen LogP contribution in [-0.4, -0.2) is 6.61 Å². The van der Waals surface area contributed by atoms with E-state index in [-0.39, 0.29) is 0 Å². The number of benzene rings is 2. The second-order valence-electron chi connectivity index (χ2n) is 4.61. The Morgan fingerprint density at radius 1 is 1.24 bits per heavy atom. The minimum Gasteiger partial charge on any atom is -0.494 e. The van der Waals surface area contributed by atoms with Crippen molar-refractivity contribution in [1.82, 2.24) is 0 Å². The minimum absolute atomic E-state index is 0.422. The Labute approximate surface area is 133 Å². The van der Waals surface area contributed by atoms with Crippen molar-refractivity contribution >= 4 is 21.6 Å². The lowest BCUT2D eigenvalue weighted by atomic mass is 10.1. The normalized spacial score (nSPS) is 11.5. The van der Waals surface area contributed by atoms with E-state index in [9.17, 15) is 5.26 Å². The number of ether oxygens (including phenoxy) is 1. The monoisotopic (exact) mass is 344 g/mol. The maximum absolute atomic E-state index is 9.43. The molecule has 0 amide bonds. The quantitative estimate of drug-likeness (QED) is 0.809. The van der Waals surface area contributed by atoms with Crippen LogP contribution in [0.2, 0.25) is 0 Å². The molecular weight excluding hydrogens is 328 g/mol. The van der Waals surface area contributed by atoms with Gasteiger partial charge >= 0.3 is 0 Å². The molecule has 0 fully saturated rings. The fourth-order valence-corrected chi connectivity index (χ4v) is 2.33. The number of nitrogens with one attached hydrogen (secondary N) is 1. The molecule has 1 atom stereocenters. The smallest absolute Gasteiger partial charge is 0.140 e. The van der Waals surface area contributed by atoms with Gasteiger partial charge in [0.05, 0.1) is 12.7 Å². The second kappa shape index (κ2) is 7.70. The molecule has 4 heteroatoms. The summed E-state index contributed by atoms with van der Waals surface area (Å²) < 4.78 is 6.55. The van der Waals surface area contributed by atoms with Gasteiger partial charge in [0.15, 0.2) is 0 Å². The Hall–Kier alpha value is -1.99. The number of rotatable bonds is 6. The number of nitriles is 1. The Morgan fingerprint density at radius 2 is 2.05 bits per heavy atom. The van der Waals surface area contributed by atoms with Gasteiger partial charge in [-0.3, -0.25) is 0 Å². The summed E-state index contributed by atoms with van der Waals surface area (Å²) in [6, 6.07) is 17.3. The molecular formula is C17H17BrN2O. The average molecular weight is 345 g/mol. The molecule has 0 aliphatic carbocycles. The summed E-state index contributed by atoms with van der Waals surface area (Å²) in [4.78, 5) is 0. The van der Waals surface area contributed by atoms with Crippen LogP contribution >= 0.6 is 15.9 Å². The van der Waals surface area contributed by atoms with E-state index in [0.29, 0.717) is 6.61 Å². The van der Waals surface area contributed by atoms with E-state index in [1.807, 2.05) is 48.5 Å². The zero-order chi connectivity index (χ0) is 15.1. The summed E-state index contributed by atoms with van der Waals surface area (Å²) in [7, 11) is 0. The zero-order valence-electron chi connectivity index (χ0n) is 11.8. The van der Waals surface area contributed by atoms with Crippen LogP contribution in [0.3, 0.4) is 0 Å². The number of halogens is 1. The van der Waals surface area contributed by atoms with Gasteiger partial charge in [-0.2, -0.15) is 5.26 Å². The molecule has 108 valence electrons. The summed E-state index contributed by atoms with van der Waals surface area (Å²) in [5.74, 6) is 0.795. The average Bonchev–Trinajstić information content (AvgIpc) is 2.52. The van der Waals surface area contributed by atoms with E-state index in [2.05, 4.69) is 34.2 Å². The highest BCUT2D eigenvalue weighted by molar-refractivity contribution is 9.10. The fourth-order valence-electron chi connectivity index (χ4n) is 1.93. The first kappa shape index (κ1) is 15.4. The molecule has 0 bridgehead atoms. The van der Waals surface area contributed by atoms with Gasteiger partial charge in [0.25, 0.3) is 0 Å². The number of nitrogens with zero attached hydrogens (tertiary/aromatic N) is 1. The van der Waals surface area contributed by atoms with Crippen LogP contribution in [0.4, 0.5) is 5.69 Å². The second-order valence-corrected chi connectivity index (χ2v) is 5.46. The number of hydrogen-bond acceptors (Lipinski definition) is 3. The van der Waals surface area contributed by atoms with E-state index in [1.165, 1.54) is 0 Å². The molecule has 2 aromatic rings. The van der Waals surface area contributed by atoms with Crippen LogP contribution in [0.1, 0.15) is 24.9 Å². The molecule has 0 spiro atoms. The first-order valence-electron chi connectivity index (χ1n) is 6.88. The lowest BCUT2D eigenvalue weighted by Crippen LogP contribution is -2.09. The first-order valence-corrected chi connectivity index (χ1v) is 7.67. The van der Waals surface area contributed by atoms with E-state index in [4.69, 9.17) is 4.74 Å². The Kier molecular flexibility index (Phi) is 5.65. The molecule has 3 nitrogen and oxygen atoms in total. The highest BCUT2D eigenvalue weighted by atomic mass is 79.9. The van der Waals surface area contributed by atoms with Crippen LogP contribution in [0.15, 0.2) is 53.0 Å². The van der Waals surface area contributed by atoms with Crippen LogP contribution in [0.5, 0.6) is 5.75 Å². The summed E-state index contributed by atoms with van der Waals surface area (Å²) in [6.07, 6.45) is 0.959. The van der Waals surface area contributed by atoms with Gasteiger partial charge in [-0.05, 0) is 52.2 Å². The maximum atomic E-state index is 9.43. The molecule has 1 unspecified atom stereocenters. The first-order chi connectivity index (χ1) is 10.2. The molecule has 2 rings (SSSR count). The molecule has 0 radical (unpaired) electrons. The van der Waals surface area contributed by atoms with Crippen molar-refractivity contribution in [1.29, 1.82) is 5.26 Å². The van der Waals surface area contributed by atoms with Crippen LogP contribution in [-0.2, 0) is 0 Å². The number of anilines is 1. The van der Waals surface area contributed by atoms with Gasteiger partial charge in [-0.1, -0.05) is 31.2 Å². The van der Waals surface area contributed by atoms with Crippen LogP contribution < -0.4 is 10.1 Å². The highest BCUT2D eigenvalue weighted by Crippen LogP contribution is 2.27. The van der Waals surface area contributed by atoms with Crippen molar-refractivity contribution in [2.75, 3.05) is 11.9 Å². The third-order valence-corrected chi connectivity index (χ3v) is 3.66. The SMILES string of the molecule is CCCOc1cccc(C(C#N)Nc2ccccc2Br)c1. The standard InChI is InChI=1S/C17H17BrN2O/c1-2-10-21-14-7-5-6-13(11-14)17(12-19)20-16-9-4-3-8-15(16)18/h3-9,11,17,20H,2,10H2,1H3. The van der Waals surface area contributed by atoms with Gasteiger partial charge < -0.3 is 10.1 Å². The lowest BCUT2D eigenvalue weighted by Gasteiger charge is -2.15.